The highest BCUT2D eigenvalue weighted by Gasteiger charge is 2.42. The first-order chi connectivity index (χ1) is 11.5. The van der Waals surface area contributed by atoms with Gasteiger partial charge < -0.3 is 10.6 Å². The first-order valence-electron chi connectivity index (χ1n) is 7.83. The summed E-state index contributed by atoms with van der Waals surface area (Å²) in [5.41, 5.74) is 1.18. The Labute approximate surface area is 144 Å². The minimum atomic E-state index is -0.483. The van der Waals surface area contributed by atoms with Crippen LogP contribution < -0.4 is 10.6 Å². The van der Waals surface area contributed by atoms with Gasteiger partial charge in [-0.2, -0.15) is 0 Å². The number of aromatic nitrogens is 1. The number of nitrogens with one attached hydrogen (secondary N) is 2. The molecule has 7 heteroatoms. The molecule has 1 aromatic carbocycles. The van der Waals surface area contributed by atoms with Gasteiger partial charge >= 0.3 is 0 Å². The summed E-state index contributed by atoms with van der Waals surface area (Å²) in [7, 11) is 1.68. The minimum absolute atomic E-state index is 0.00751. The third kappa shape index (κ3) is 3.56. The molecule has 0 radical (unpaired) electrons. The van der Waals surface area contributed by atoms with E-state index in [1.54, 1.807) is 18.4 Å². The molecule has 1 aromatic heterocycles. The maximum atomic E-state index is 13.8. The molecule has 1 fully saturated rings. The van der Waals surface area contributed by atoms with Gasteiger partial charge in [0.05, 0.1) is 17.2 Å². The molecule has 0 aliphatic heterocycles. The predicted octanol–water partition coefficient (Wildman–Crippen LogP) is 3.26. The molecule has 4 nitrogen and oxygen atoms in total. The molecule has 0 spiro atoms. The summed E-state index contributed by atoms with van der Waals surface area (Å²) < 4.78 is 27.7. The Hall–Kier alpha value is -2.02. The van der Waals surface area contributed by atoms with E-state index in [0.29, 0.717) is 18.9 Å². The SMILES string of the molecule is CN=C(NCc1sc(C)nc1C)NC1CC1c1c(F)cccc1F. The molecule has 0 amide bonds. The van der Waals surface area contributed by atoms with Gasteiger partial charge in [0.2, 0.25) is 0 Å². The Balaban J connectivity index is 1.59. The van der Waals surface area contributed by atoms with Crippen molar-refractivity contribution in [2.45, 2.75) is 38.8 Å². The van der Waals surface area contributed by atoms with Crippen LogP contribution in [0, 0.1) is 25.5 Å². The van der Waals surface area contributed by atoms with E-state index in [0.717, 1.165) is 15.6 Å². The molecule has 2 atom stereocenters. The highest BCUT2D eigenvalue weighted by Crippen LogP contribution is 2.43. The molecular weight excluding hydrogens is 330 g/mol. The molecule has 128 valence electrons. The van der Waals surface area contributed by atoms with E-state index in [1.807, 2.05) is 13.8 Å². The summed E-state index contributed by atoms with van der Waals surface area (Å²) in [6.07, 6.45) is 0.692. The number of guanidine groups is 1. The second-order valence-corrected chi connectivity index (χ2v) is 7.18. The average molecular weight is 350 g/mol. The quantitative estimate of drug-likeness (QED) is 0.657. The Morgan fingerprint density at radius 2 is 2.04 bits per heavy atom. The lowest BCUT2D eigenvalue weighted by Crippen LogP contribution is -2.38. The summed E-state index contributed by atoms with van der Waals surface area (Å²) in [5, 5.41) is 7.50. The van der Waals surface area contributed by atoms with Crippen LogP contribution in [0.25, 0.3) is 0 Å². The smallest absolute Gasteiger partial charge is 0.191 e. The number of thiazole rings is 1. The van der Waals surface area contributed by atoms with Crippen molar-refractivity contribution in [2.24, 2.45) is 4.99 Å². The van der Waals surface area contributed by atoms with E-state index in [1.165, 1.54) is 18.2 Å². The Bertz CT molecular complexity index is 752. The number of hydrogen-bond acceptors (Lipinski definition) is 3. The topological polar surface area (TPSA) is 49.3 Å². The predicted molar refractivity (Wildman–Crippen MR) is 92.4 cm³/mol. The second kappa shape index (κ2) is 6.84. The molecule has 1 aliphatic rings. The summed E-state index contributed by atoms with van der Waals surface area (Å²) >= 11 is 1.65. The van der Waals surface area contributed by atoms with Crippen LogP contribution in [0.3, 0.4) is 0 Å². The van der Waals surface area contributed by atoms with E-state index >= 15 is 0 Å². The number of rotatable bonds is 4. The number of nitrogens with zero attached hydrogens (tertiary/aromatic N) is 2. The number of benzene rings is 1. The van der Waals surface area contributed by atoms with E-state index in [9.17, 15) is 8.78 Å². The van der Waals surface area contributed by atoms with Crippen LogP contribution in [0.4, 0.5) is 8.78 Å². The van der Waals surface area contributed by atoms with Gasteiger partial charge in [-0.3, -0.25) is 4.99 Å². The molecule has 2 unspecified atom stereocenters. The highest BCUT2D eigenvalue weighted by atomic mass is 32.1. The number of aliphatic imine (C=N–C) groups is 1. The first-order valence-corrected chi connectivity index (χ1v) is 8.65. The lowest BCUT2D eigenvalue weighted by atomic mass is 10.1. The van der Waals surface area contributed by atoms with Crippen molar-refractivity contribution >= 4 is 17.3 Å². The van der Waals surface area contributed by atoms with Crippen LogP contribution in [0.1, 0.15) is 33.5 Å². The van der Waals surface area contributed by atoms with Crippen LogP contribution in [0.5, 0.6) is 0 Å². The average Bonchev–Trinajstić information content (AvgIpc) is 3.20. The molecule has 3 rings (SSSR count). The Kier molecular flexibility index (Phi) is 4.80. The van der Waals surface area contributed by atoms with Crippen molar-refractivity contribution in [3.8, 4) is 0 Å². The molecule has 2 N–H and O–H groups in total. The third-order valence-corrected chi connectivity index (χ3v) is 5.20. The van der Waals surface area contributed by atoms with Gasteiger partial charge in [0.15, 0.2) is 5.96 Å². The van der Waals surface area contributed by atoms with Crippen molar-refractivity contribution in [1.82, 2.24) is 15.6 Å². The van der Waals surface area contributed by atoms with Crippen molar-refractivity contribution in [2.75, 3.05) is 7.05 Å². The maximum absolute atomic E-state index is 13.8. The summed E-state index contributed by atoms with van der Waals surface area (Å²) in [6, 6.07) is 3.98. The van der Waals surface area contributed by atoms with Gasteiger partial charge in [-0.1, -0.05) is 6.07 Å². The monoisotopic (exact) mass is 350 g/mol. The lowest BCUT2D eigenvalue weighted by Gasteiger charge is -2.12. The van der Waals surface area contributed by atoms with Crippen LogP contribution in [-0.4, -0.2) is 24.0 Å². The van der Waals surface area contributed by atoms with Crippen molar-refractivity contribution < 1.29 is 8.78 Å². The Morgan fingerprint density at radius 1 is 1.33 bits per heavy atom. The molecule has 1 aliphatic carbocycles. The Morgan fingerprint density at radius 3 is 2.62 bits per heavy atom. The van der Waals surface area contributed by atoms with E-state index in [-0.39, 0.29) is 17.5 Å². The molecule has 2 aromatic rings. The second-order valence-electron chi connectivity index (χ2n) is 5.90. The third-order valence-electron chi connectivity index (χ3n) is 4.12. The van der Waals surface area contributed by atoms with Gasteiger partial charge in [0, 0.05) is 29.4 Å². The lowest BCUT2D eigenvalue weighted by molar-refractivity contribution is 0.553. The highest BCUT2D eigenvalue weighted by molar-refractivity contribution is 7.11. The van der Waals surface area contributed by atoms with E-state index in [4.69, 9.17) is 0 Å². The molecular formula is C17H20F2N4S. The first kappa shape index (κ1) is 16.8. The van der Waals surface area contributed by atoms with Gasteiger partial charge in [-0.25, -0.2) is 13.8 Å². The summed E-state index contributed by atoms with van der Waals surface area (Å²) in [6.45, 7) is 4.59. The molecule has 1 saturated carbocycles. The summed E-state index contributed by atoms with van der Waals surface area (Å²) in [4.78, 5) is 9.73. The number of aryl methyl sites for hydroxylation is 2. The molecule has 1 heterocycles. The molecule has 0 saturated heterocycles. The van der Waals surface area contributed by atoms with Gasteiger partial charge in [-0.05, 0) is 32.4 Å². The van der Waals surface area contributed by atoms with Crippen LogP contribution in [0.2, 0.25) is 0 Å². The largest absolute Gasteiger partial charge is 0.353 e. The number of halogens is 2. The molecule has 0 bridgehead atoms. The maximum Gasteiger partial charge on any atom is 0.191 e. The van der Waals surface area contributed by atoms with Crippen molar-refractivity contribution in [3.05, 3.63) is 51.0 Å². The van der Waals surface area contributed by atoms with Gasteiger partial charge in [0.1, 0.15) is 11.6 Å². The minimum Gasteiger partial charge on any atom is -0.353 e. The van der Waals surface area contributed by atoms with Crippen LogP contribution in [0.15, 0.2) is 23.2 Å². The summed E-state index contributed by atoms with van der Waals surface area (Å²) in [5.74, 6) is -0.493. The van der Waals surface area contributed by atoms with Crippen LogP contribution >= 0.6 is 11.3 Å². The van der Waals surface area contributed by atoms with Crippen molar-refractivity contribution in [1.29, 1.82) is 0 Å². The standard InChI is InChI=1S/C17H20F2N4S/c1-9-15(24-10(2)22-9)8-21-17(20-3)23-14-7-11(14)16-12(18)5-4-6-13(16)19/h4-6,11,14H,7-8H2,1-3H3,(H2,20,21,23). The van der Waals surface area contributed by atoms with E-state index in [2.05, 4.69) is 20.6 Å². The fraction of sp³-hybridized carbons (Fsp3) is 0.412. The fourth-order valence-electron chi connectivity index (χ4n) is 2.81. The zero-order chi connectivity index (χ0) is 17.3. The normalized spacial score (nSPS) is 20.1. The van der Waals surface area contributed by atoms with Crippen molar-refractivity contribution in [3.63, 3.8) is 0 Å². The van der Waals surface area contributed by atoms with Gasteiger partial charge in [-0.15, -0.1) is 11.3 Å². The fourth-order valence-corrected chi connectivity index (χ4v) is 3.69. The van der Waals surface area contributed by atoms with Crippen LogP contribution in [-0.2, 0) is 6.54 Å². The molecule has 24 heavy (non-hydrogen) atoms. The zero-order valence-corrected chi connectivity index (χ0v) is 14.7. The van der Waals surface area contributed by atoms with Gasteiger partial charge in [0.25, 0.3) is 0 Å². The van der Waals surface area contributed by atoms with E-state index < -0.39 is 11.6 Å². The zero-order valence-electron chi connectivity index (χ0n) is 13.9. The number of hydrogen-bond donors (Lipinski definition) is 2.